The van der Waals surface area contributed by atoms with Crippen molar-refractivity contribution in [2.75, 3.05) is 6.61 Å². The molecule has 27 heavy (non-hydrogen) atoms. The van der Waals surface area contributed by atoms with Gasteiger partial charge in [-0.1, -0.05) is 20.8 Å². The fourth-order valence-corrected chi connectivity index (χ4v) is 3.88. The van der Waals surface area contributed by atoms with Gasteiger partial charge in [-0.2, -0.15) is 10.1 Å². The van der Waals surface area contributed by atoms with Crippen LogP contribution in [-0.2, 0) is 9.16 Å². The van der Waals surface area contributed by atoms with Gasteiger partial charge in [0, 0.05) is 11.8 Å². The lowest BCUT2D eigenvalue weighted by Gasteiger charge is -2.36. The Hall–Kier alpha value is -1.84. The van der Waals surface area contributed by atoms with Gasteiger partial charge in [0.15, 0.2) is 14.1 Å². The molecule has 3 heterocycles. The summed E-state index contributed by atoms with van der Waals surface area (Å²) in [5.41, 5.74) is 0.492. The number of hydrogen-bond donors (Lipinski definition) is 0. The van der Waals surface area contributed by atoms with Crippen molar-refractivity contribution in [1.29, 1.82) is 0 Å². The van der Waals surface area contributed by atoms with Crippen LogP contribution in [0.4, 0.5) is 0 Å². The van der Waals surface area contributed by atoms with Crippen LogP contribution in [0.5, 0.6) is 0 Å². The van der Waals surface area contributed by atoms with Crippen LogP contribution in [0.1, 0.15) is 45.4 Å². The molecule has 1 aliphatic rings. The summed E-state index contributed by atoms with van der Waals surface area (Å²) < 4.78 is 15.4. The van der Waals surface area contributed by atoms with Gasteiger partial charge in [-0.15, -0.1) is 0 Å². The van der Waals surface area contributed by atoms with Gasteiger partial charge in [-0.3, -0.25) is 4.57 Å². The monoisotopic (exact) mass is 391 g/mol. The fourth-order valence-electron chi connectivity index (χ4n) is 2.85. The third-order valence-electron chi connectivity index (χ3n) is 5.58. The Kier molecular flexibility index (Phi) is 5.37. The summed E-state index contributed by atoms with van der Waals surface area (Å²) in [5.74, 6) is 0.490. The van der Waals surface area contributed by atoms with E-state index in [4.69, 9.17) is 9.16 Å². The minimum Gasteiger partial charge on any atom is -0.414 e. The number of ether oxygens (including phenoxy) is 1. The molecule has 2 aromatic rings. The molecule has 9 heteroatoms. The first-order chi connectivity index (χ1) is 12.6. The highest BCUT2D eigenvalue weighted by molar-refractivity contribution is 6.74. The highest BCUT2D eigenvalue weighted by atomic mass is 28.4. The Labute approximate surface area is 160 Å². The molecule has 2 aromatic heterocycles. The molecule has 1 saturated heterocycles. The second-order valence-electron chi connectivity index (χ2n) is 8.64. The van der Waals surface area contributed by atoms with Crippen molar-refractivity contribution in [3.8, 4) is 5.82 Å². The van der Waals surface area contributed by atoms with Crippen LogP contribution in [0, 0.1) is 6.92 Å². The van der Waals surface area contributed by atoms with Crippen LogP contribution in [0.3, 0.4) is 0 Å². The zero-order valence-electron chi connectivity index (χ0n) is 17.0. The Morgan fingerprint density at radius 2 is 2.07 bits per heavy atom. The molecule has 0 amide bonds. The first-order valence-corrected chi connectivity index (χ1v) is 12.2. The lowest BCUT2D eigenvalue weighted by Crippen LogP contribution is -2.42. The van der Waals surface area contributed by atoms with Gasteiger partial charge in [-0.25, -0.2) is 14.5 Å². The number of rotatable bonds is 5. The molecule has 1 aliphatic heterocycles. The number of aromatic nitrogens is 5. The van der Waals surface area contributed by atoms with E-state index < -0.39 is 8.32 Å². The van der Waals surface area contributed by atoms with Crippen molar-refractivity contribution in [2.24, 2.45) is 0 Å². The van der Waals surface area contributed by atoms with Crippen LogP contribution in [0.2, 0.25) is 18.1 Å². The van der Waals surface area contributed by atoms with Gasteiger partial charge in [0.25, 0.3) is 0 Å². The van der Waals surface area contributed by atoms with Crippen molar-refractivity contribution in [3.63, 3.8) is 0 Å². The Morgan fingerprint density at radius 3 is 2.70 bits per heavy atom. The van der Waals surface area contributed by atoms with Crippen molar-refractivity contribution in [2.45, 2.75) is 71.0 Å². The predicted octanol–water partition coefficient (Wildman–Crippen LogP) is 2.83. The summed E-state index contributed by atoms with van der Waals surface area (Å²) in [7, 11) is -1.81. The van der Waals surface area contributed by atoms with Crippen molar-refractivity contribution < 1.29 is 9.16 Å². The average molecular weight is 392 g/mol. The normalized spacial score (nSPS) is 21.0. The number of hydrogen-bond acceptors (Lipinski definition) is 6. The van der Waals surface area contributed by atoms with Gasteiger partial charge >= 0.3 is 5.69 Å². The lowest BCUT2D eigenvalue weighted by atomic mass is 10.2. The molecule has 1 fully saturated rings. The van der Waals surface area contributed by atoms with Gasteiger partial charge in [0.1, 0.15) is 18.9 Å². The quantitative estimate of drug-likeness (QED) is 0.729. The molecule has 0 radical (unpaired) electrons. The topological polar surface area (TPSA) is 84.1 Å². The van der Waals surface area contributed by atoms with Crippen molar-refractivity contribution >= 4 is 8.32 Å². The Balaban J connectivity index is 1.69. The van der Waals surface area contributed by atoms with Crippen LogP contribution in [-0.4, -0.2) is 45.3 Å². The van der Waals surface area contributed by atoms with E-state index in [-0.39, 0.29) is 23.1 Å². The summed E-state index contributed by atoms with van der Waals surface area (Å²) in [5, 5.41) is 4.21. The second kappa shape index (κ2) is 7.29. The third kappa shape index (κ3) is 4.20. The minimum absolute atomic E-state index is 0.00585. The van der Waals surface area contributed by atoms with E-state index in [9.17, 15) is 4.79 Å². The largest absolute Gasteiger partial charge is 0.414 e. The van der Waals surface area contributed by atoms with E-state index in [0.29, 0.717) is 12.4 Å². The van der Waals surface area contributed by atoms with E-state index in [1.807, 2.05) is 6.92 Å². The van der Waals surface area contributed by atoms with Gasteiger partial charge < -0.3 is 9.16 Å². The molecule has 0 saturated carbocycles. The zero-order chi connectivity index (χ0) is 19.8. The first-order valence-electron chi connectivity index (χ1n) is 9.33. The van der Waals surface area contributed by atoms with Crippen LogP contribution >= 0.6 is 0 Å². The highest BCUT2D eigenvalue weighted by Gasteiger charge is 2.38. The standard InChI is InChI=1S/C18H29N5O3Si/c1-13-9-22(17(24)21-16(13)23-12-19-11-20-23)15-8-7-14(26-15)10-25-27(5,6)18(2,3)4/h9,11-12,14-15H,7-8,10H2,1-6H3/t14-,15+/m0/s1. The van der Waals surface area contributed by atoms with Crippen LogP contribution < -0.4 is 5.69 Å². The molecule has 0 N–H and O–H groups in total. The van der Waals surface area contributed by atoms with Gasteiger partial charge in [0.2, 0.25) is 0 Å². The zero-order valence-corrected chi connectivity index (χ0v) is 18.0. The van der Waals surface area contributed by atoms with E-state index in [1.54, 1.807) is 10.8 Å². The minimum atomic E-state index is -1.81. The molecule has 0 aliphatic carbocycles. The van der Waals surface area contributed by atoms with E-state index in [0.717, 1.165) is 18.4 Å². The number of nitrogens with zero attached hydrogens (tertiary/aromatic N) is 5. The Bertz CT molecular complexity index is 842. The summed E-state index contributed by atoms with van der Waals surface area (Å²) >= 11 is 0. The Morgan fingerprint density at radius 1 is 1.33 bits per heavy atom. The summed E-state index contributed by atoms with van der Waals surface area (Å²) in [6, 6.07) is 0. The summed E-state index contributed by atoms with van der Waals surface area (Å²) in [4.78, 5) is 20.6. The molecule has 0 spiro atoms. The average Bonchev–Trinajstić information content (AvgIpc) is 3.25. The predicted molar refractivity (Wildman–Crippen MR) is 104 cm³/mol. The smallest absolute Gasteiger partial charge is 0.351 e. The molecule has 0 aromatic carbocycles. The van der Waals surface area contributed by atoms with Gasteiger partial charge in [-0.05, 0) is 37.9 Å². The first kappa shape index (κ1) is 19.9. The molecule has 148 valence electrons. The molecule has 0 bridgehead atoms. The van der Waals surface area contributed by atoms with Gasteiger partial charge in [0.05, 0.1) is 12.7 Å². The SMILES string of the molecule is Cc1cn([C@H]2CC[C@@H](CO[Si](C)(C)C(C)(C)C)O2)c(=O)nc1-n1cncn1. The summed E-state index contributed by atoms with van der Waals surface area (Å²) in [6.07, 6.45) is 6.07. The van der Waals surface area contributed by atoms with Crippen molar-refractivity contribution in [3.05, 3.63) is 34.9 Å². The summed E-state index contributed by atoms with van der Waals surface area (Å²) in [6.45, 7) is 13.6. The van der Waals surface area contributed by atoms with E-state index >= 15 is 0 Å². The van der Waals surface area contributed by atoms with Crippen LogP contribution in [0.25, 0.3) is 5.82 Å². The highest BCUT2D eigenvalue weighted by Crippen LogP contribution is 2.37. The molecular weight excluding hydrogens is 362 g/mol. The molecule has 0 unspecified atom stereocenters. The lowest BCUT2D eigenvalue weighted by molar-refractivity contribution is -0.0222. The molecular formula is C18H29N5O3Si. The van der Waals surface area contributed by atoms with Crippen LogP contribution in [0.15, 0.2) is 23.6 Å². The maximum atomic E-state index is 12.5. The van der Waals surface area contributed by atoms with E-state index in [2.05, 4.69) is 48.9 Å². The second-order valence-corrected chi connectivity index (χ2v) is 13.4. The van der Waals surface area contributed by atoms with E-state index in [1.165, 1.54) is 17.3 Å². The maximum Gasteiger partial charge on any atom is 0.351 e. The fraction of sp³-hybridized carbons (Fsp3) is 0.667. The third-order valence-corrected chi connectivity index (χ3v) is 10.1. The molecule has 8 nitrogen and oxygen atoms in total. The molecule has 2 atom stereocenters. The number of aryl methyl sites for hydroxylation is 1. The van der Waals surface area contributed by atoms with Crippen molar-refractivity contribution in [1.82, 2.24) is 24.3 Å². The molecule has 3 rings (SSSR count). The maximum absolute atomic E-state index is 12.5.